The molecule has 0 aromatic carbocycles. The van der Waals surface area contributed by atoms with Gasteiger partial charge in [-0.1, -0.05) is 0 Å². The van der Waals surface area contributed by atoms with Gasteiger partial charge in [-0.15, -0.1) is 11.3 Å². The number of ether oxygens (including phenoxy) is 1. The second-order valence-corrected chi connectivity index (χ2v) is 5.12. The van der Waals surface area contributed by atoms with Crippen molar-refractivity contribution in [2.75, 3.05) is 7.11 Å². The minimum Gasteiger partial charge on any atom is -0.378 e. The Labute approximate surface area is 100 Å². The van der Waals surface area contributed by atoms with Crippen LogP contribution >= 0.6 is 11.3 Å². The standard InChI is InChI=1S/C11H18N2O2S/c1-7(2)12-10(14)5-9-8(3)13-11(16-9)6-15-4/h7H,5-6H2,1-4H3,(H,12,14). The summed E-state index contributed by atoms with van der Waals surface area (Å²) in [6, 6.07) is 0.180. The Kier molecular flexibility index (Phi) is 4.89. The molecule has 1 N–H and O–H groups in total. The average molecular weight is 242 g/mol. The Hall–Kier alpha value is -0.940. The summed E-state index contributed by atoms with van der Waals surface area (Å²) in [4.78, 5) is 16.9. The molecule has 1 aromatic heterocycles. The Morgan fingerprint density at radius 2 is 2.25 bits per heavy atom. The first-order valence-corrected chi connectivity index (χ1v) is 6.08. The number of nitrogens with one attached hydrogen (secondary N) is 1. The van der Waals surface area contributed by atoms with Gasteiger partial charge in [-0.25, -0.2) is 4.98 Å². The highest BCUT2D eigenvalue weighted by atomic mass is 32.1. The molecule has 0 fully saturated rings. The fraction of sp³-hybridized carbons (Fsp3) is 0.636. The summed E-state index contributed by atoms with van der Waals surface area (Å²) in [6.45, 7) is 6.34. The quantitative estimate of drug-likeness (QED) is 0.854. The van der Waals surface area contributed by atoms with Crippen LogP contribution in [0.4, 0.5) is 0 Å². The molecule has 0 saturated carbocycles. The molecule has 1 aromatic rings. The lowest BCUT2D eigenvalue weighted by Crippen LogP contribution is -2.31. The highest BCUT2D eigenvalue weighted by Crippen LogP contribution is 2.19. The largest absolute Gasteiger partial charge is 0.378 e. The van der Waals surface area contributed by atoms with E-state index in [0.29, 0.717) is 13.0 Å². The first kappa shape index (κ1) is 13.1. The Morgan fingerprint density at radius 3 is 2.81 bits per heavy atom. The van der Waals surface area contributed by atoms with Crippen LogP contribution in [0.15, 0.2) is 0 Å². The van der Waals surface area contributed by atoms with Gasteiger partial charge in [0.25, 0.3) is 0 Å². The summed E-state index contributed by atoms with van der Waals surface area (Å²) in [5, 5.41) is 3.79. The smallest absolute Gasteiger partial charge is 0.225 e. The maximum Gasteiger partial charge on any atom is 0.225 e. The van der Waals surface area contributed by atoms with E-state index in [2.05, 4.69) is 10.3 Å². The zero-order chi connectivity index (χ0) is 12.1. The monoisotopic (exact) mass is 242 g/mol. The van der Waals surface area contributed by atoms with Crippen molar-refractivity contribution in [2.24, 2.45) is 0 Å². The average Bonchev–Trinajstić information content (AvgIpc) is 2.46. The van der Waals surface area contributed by atoms with Crippen molar-refractivity contribution in [1.82, 2.24) is 10.3 Å². The summed E-state index contributed by atoms with van der Waals surface area (Å²) >= 11 is 1.54. The van der Waals surface area contributed by atoms with Crippen molar-refractivity contribution in [3.05, 3.63) is 15.6 Å². The minimum absolute atomic E-state index is 0.0470. The van der Waals surface area contributed by atoms with Gasteiger partial charge in [0.1, 0.15) is 5.01 Å². The van der Waals surface area contributed by atoms with Crippen molar-refractivity contribution in [3.8, 4) is 0 Å². The number of aromatic nitrogens is 1. The van der Waals surface area contributed by atoms with Crippen molar-refractivity contribution < 1.29 is 9.53 Å². The van der Waals surface area contributed by atoms with Gasteiger partial charge in [-0.3, -0.25) is 4.79 Å². The number of methoxy groups -OCH3 is 1. The van der Waals surface area contributed by atoms with Crippen molar-refractivity contribution in [3.63, 3.8) is 0 Å². The Balaban J connectivity index is 2.62. The molecule has 0 bridgehead atoms. The molecule has 0 unspecified atom stereocenters. The van der Waals surface area contributed by atoms with Crippen LogP contribution in [0, 0.1) is 6.92 Å². The van der Waals surface area contributed by atoms with Crippen LogP contribution in [0.5, 0.6) is 0 Å². The predicted octanol–water partition coefficient (Wildman–Crippen LogP) is 1.67. The van der Waals surface area contributed by atoms with E-state index >= 15 is 0 Å². The second-order valence-electron chi connectivity index (χ2n) is 3.95. The van der Waals surface area contributed by atoms with Crippen LogP contribution in [0.2, 0.25) is 0 Å². The van der Waals surface area contributed by atoms with E-state index in [1.807, 2.05) is 20.8 Å². The number of hydrogen-bond acceptors (Lipinski definition) is 4. The third kappa shape index (κ3) is 3.90. The van der Waals surface area contributed by atoms with E-state index in [9.17, 15) is 4.79 Å². The molecule has 4 nitrogen and oxygen atoms in total. The van der Waals surface area contributed by atoms with E-state index in [-0.39, 0.29) is 11.9 Å². The molecule has 1 rings (SSSR count). The number of hydrogen-bond donors (Lipinski definition) is 1. The molecule has 0 aliphatic carbocycles. The van der Waals surface area contributed by atoms with Crippen LogP contribution < -0.4 is 5.32 Å². The summed E-state index contributed by atoms with van der Waals surface area (Å²) in [5.74, 6) is 0.0470. The number of nitrogens with zero attached hydrogens (tertiary/aromatic N) is 1. The lowest BCUT2D eigenvalue weighted by atomic mass is 10.2. The number of aryl methyl sites for hydroxylation is 1. The minimum atomic E-state index is 0.0470. The number of thiazole rings is 1. The topological polar surface area (TPSA) is 51.2 Å². The summed E-state index contributed by atoms with van der Waals surface area (Å²) in [6.07, 6.45) is 0.408. The number of rotatable bonds is 5. The maximum absolute atomic E-state index is 11.6. The zero-order valence-electron chi connectivity index (χ0n) is 10.2. The molecule has 5 heteroatoms. The van der Waals surface area contributed by atoms with Gasteiger partial charge in [0.2, 0.25) is 5.91 Å². The molecule has 1 amide bonds. The second kappa shape index (κ2) is 5.96. The molecule has 0 radical (unpaired) electrons. The Bertz CT molecular complexity index is 361. The lowest BCUT2D eigenvalue weighted by molar-refractivity contribution is -0.120. The number of carbonyl (C=O) groups is 1. The molecule has 0 spiro atoms. The fourth-order valence-electron chi connectivity index (χ4n) is 1.36. The van der Waals surface area contributed by atoms with Crippen LogP contribution in [0.25, 0.3) is 0 Å². The Morgan fingerprint density at radius 1 is 1.56 bits per heavy atom. The molecule has 1 heterocycles. The third-order valence-electron chi connectivity index (χ3n) is 1.98. The van der Waals surface area contributed by atoms with Gasteiger partial charge < -0.3 is 10.1 Å². The maximum atomic E-state index is 11.6. The van der Waals surface area contributed by atoms with Crippen LogP contribution in [-0.4, -0.2) is 24.0 Å². The number of carbonyl (C=O) groups excluding carboxylic acids is 1. The van der Waals surface area contributed by atoms with Gasteiger partial charge in [0.15, 0.2) is 0 Å². The molecule has 0 atom stereocenters. The van der Waals surface area contributed by atoms with Gasteiger partial charge in [0.05, 0.1) is 18.7 Å². The summed E-state index contributed by atoms with van der Waals surface area (Å²) < 4.78 is 5.01. The SMILES string of the molecule is COCc1nc(C)c(CC(=O)NC(C)C)s1. The van der Waals surface area contributed by atoms with E-state index in [0.717, 1.165) is 15.6 Å². The van der Waals surface area contributed by atoms with Gasteiger partial charge in [0, 0.05) is 18.0 Å². The normalized spacial score (nSPS) is 10.8. The predicted molar refractivity (Wildman–Crippen MR) is 64.5 cm³/mol. The van der Waals surface area contributed by atoms with Crippen LogP contribution in [0.1, 0.15) is 29.4 Å². The van der Waals surface area contributed by atoms with Gasteiger partial charge >= 0.3 is 0 Å². The van der Waals surface area contributed by atoms with Crippen molar-refractivity contribution in [2.45, 2.75) is 39.8 Å². The third-order valence-corrected chi connectivity index (χ3v) is 3.11. The van der Waals surface area contributed by atoms with Gasteiger partial charge in [-0.05, 0) is 20.8 Å². The first-order valence-electron chi connectivity index (χ1n) is 5.26. The molecule has 0 aliphatic rings. The van der Waals surface area contributed by atoms with Crippen molar-refractivity contribution >= 4 is 17.2 Å². The van der Waals surface area contributed by atoms with E-state index < -0.39 is 0 Å². The number of amides is 1. The van der Waals surface area contributed by atoms with E-state index in [1.165, 1.54) is 0 Å². The molecule has 0 aliphatic heterocycles. The molecule has 16 heavy (non-hydrogen) atoms. The molecular formula is C11H18N2O2S. The van der Waals surface area contributed by atoms with Crippen LogP contribution in [-0.2, 0) is 22.6 Å². The summed E-state index contributed by atoms with van der Waals surface area (Å²) in [7, 11) is 1.64. The lowest BCUT2D eigenvalue weighted by Gasteiger charge is -2.06. The molecule has 90 valence electrons. The van der Waals surface area contributed by atoms with Crippen molar-refractivity contribution in [1.29, 1.82) is 0 Å². The summed E-state index contributed by atoms with van der Waals surface area (Å²) in [5.41, 5.74) is 0.927. The molecular weight excluding hydrogens is 224 g/mol. The highest BCUT2D eigenvalue weighted by molar-refractivity contribution is 7.11. The highest BCUT2D eigenvalue weighted by Gasteiger charge is 2.12. The van der Waals surface area contributed by atoms with E-state index in [1.54, 1.807) is 18.4 Å². The zero-order valence-corrected chi connectivity index (χ0v) is 11.0. The first-order chi connectivity index (χ1) is 7.52. The van der Waals surface area contributed by atoms with E-state index in [4.69, 9.17) is 4.74 Å². The molecule has 0 saturated heterocycles. The van der Waals surface area contributed by atoms with Crippen LogP contribution in [0.3, 0.4) is 0 Å². The fourth-order valence-corrected chi connectivity index (χ4v) is 2.40. The van der Waals surface area contributed by atoms with Gasteiger partial charge in [-0.2, -0.15) is 0 Å².